The minimum absolute atomic E-state index is 0.249. The molecule has 0 bridgehead atoms. The Labute approximate surface area is 114 Å². The Kier molecular flexibility index (Phi) is 4.01. The number of fused-ring (bicyclic) bond motifs is 1. The first-order chi connectivity index (χ1) is 8.88. The molecule has 0 fully saturated rings. The van der Waals surface area contributed by atoms with Crippen LogP contribution in [0.3, 0.4) is 0 Å². The van der Waals surface area contributed by atoms with Crippen molar-refractivity contribution in [2.45, 2.75) is 6.73 Å². The molecule has 0 unspecified atom stereocenters. The summed E-state index contributed by atoms with van der Waals surface area (Å²) in [6.45, 7) is 0.906. The Morgan fingerprint density at radius 3 is 2.79 bits per heavy atom. The van der Waals surface area contributed by atoms with Gasteiger partial charge >= 0.3 is 0 Å². The van der Waals surface area contributed by atoms with Crippen LogP contribution >= 0.6 is 10.0 Å². The molecule has 0 aliphatic heterocycles. The number of nitrogens with zero attached hydrogens (tertiary/aromatic N) is 2. The molecule has 106 valence electrons. The average Bonchev–Trinajstić information content (AvgIpc) is 2.62. The van der Waals surface area contributed by atoms with Crippen molar-refractivity contribution in [1.82, 2.24) is 9.78 Å². The van der Waals surface area contributed by atoms with Crippen molar-refractivity contribution < 1.29 is 9.13 Å². The van der Waals surface area contributed by atoms with Gasteiger partial charge < -0.3 is 10.5 Å². The Morgan fingerprint density at radius 1 is 1.37 bits per heavy atom. The number of nitrogen functional groups attached to an aromatic ring is 1. The Bertz CT molecular complexity index is 577. The molecule has 2 rings (SSSR count). The standard InChI is InChI=1S/C13H20FN3OS/c1-19(2,3)8-7-18-9-17-11-6-4-5-10(15)12(11)13(14)16-17/h4-6H,7-9,15H2,1-3H3. The lowest BCUT2D eigenvalue weighted by molar-refractivity contribution is 0.0828. The van der Waals surface area contributed by atoms with Crippen LogP contribution in [-0.4, -0.2) is 40.9 Å². The van der Waals surface area contributed by atoms with E-state index in [9.17, 15) is 4.39 Å². The Hall–Kier alpha value is -1.27. The average molecular weight is 285 g/mol. The van der Waals surface area contributed by atoms with Gasteiger partial charge in [-0.1, -0.05) is 6.07 Å². The number of anilines is 1. The summed E-state index contributed by atoms with van der Waals surface area (Å²) in [6.07, 6.45) is 6.71. The highest BCUT2D eigenvalue weighted by Gasteiger charge is 2.12. The second kappa shape index (κ2) is 5.38. The molecule has 2 aromatic rings. The van der Waals surface area contributed by atoms with Crippen LogP contribution in [0.4, 0.5) is 10.1 Å². The monoisotopic (exact) mass is 285 g/mol. The zero-order valence-corrected chi connectivity index (χ0v) is 12.3. The van der Waals surface area contributed by atoms with E-state index in [-0.39, 0.29) is 6.73 Å². The predicted molar refractivity (Wildman–Crippen MR) is 80.3 cm³/mol. The van der Waals surface area contributed by atoms with Gasteiger partial charge in [-0.05, 0) is 30.9 Å². The van der Waals surface area contributed by atoms with E-state index < -0.39 is 16.0 Å². The van der Waals surface area contributed by atoms with Crippen molar-refractivity contribution in [3.05, 3.63) is 24.1 Å². The molecule has 0 saturated carbocycles. The summed E-state index contributed by atoms with van der Waals surface area (Å²) in [5, 5.41) is 4.20. The van der Waals surface area contributed by atoms with Crippen molar-refractivity contribution in [3.8, 4) is 0 Å². The van der Waals surface area contributed by atoms with Crippen molar-refractivity contribution in [2.75, 3.05) is 36.9 Å². The molecule has 1 aromatic heterocycles. The quantitative estimate of drug-likeness (QED) is 0.678. The molecule has 0 aliphatic rings. The molecule has 0 spiro atoms. The second-order valence-electron chi connectivity index (χ2n) is 5.36. The summed E-state index contributed by atoms with van der Waals surface area (Å²) in [5.41, 5.74) is 6.82. The van der Waals surface area contributed by atoms with E-state index in [1.807, 2.05) is 0 Å². The molecule has 19 heavy (non-hydrogen) atoms. The van der Waals surface area contributed by atoms with Crippen molar-refractivity contribution in [2.24, 2.45) is 0 Å². The van der Waals surface area contributed by atoms with Gasteiger partial charge in [0.25, 0.3) is 0 Å². The summed E-state index contributed by atoms with van der Waals surface area (Å²) in [6, 6.07) is 5.25. The first kappa shape index (κ1) is 14.1. The SMILES string of the molecule is CS(C)(C)CCOCn1nc(F)c2c(N)cccc21. The number of hydrogen-bond acceptors (Lipinski definition) is 3. The third-order valence-corrected chi connectivity index (χ3v) is 4.21. The smallest absolute Gasteiger partial charge is 0.242 e. The Morgan fingerprint density at radius 2 is 2.11 bits per heavy atom. The molecule has 1 heterocycles. The molecule has 0 atom stereocenters. The van der Waals surface area contributed by atoms with Crippen LogP contribution in [0.2, 0.25) is 0 Å². The zero-order valence-electron chi connectivity index (χ0n) is 11.5. The van der Waals surface area contributed by atoms with Crippen LogP contribution in [0, 0.1) is 5.95 Å². The van der Waals surface area contributed by atoms with Crippen LogP contribution in [0.15, 0.2) is 18.2 Å². The van der Waals surface area contributed by atoms with E-state index in [0.29, 0.717) is 23.2 Å². The summed E-state index contributed by atoms with van der Waals surface area (Å²) in [5.74, 6) is 0.481. The lowest BCUT2D eigenvalue weighted by Gasteiger charge is -2.24. The van der Waals surface area contributed by atoms with Gasteiger partial charge in [0.15, 0.2) is 0 Å². The zero-order chi connectivity index (χ0) is 14.0. The molecule has 6 heteroatoms. The number of benzene rings is 1. The molecule has 4 nitrogen and oxygen atoms in total. The van der Waals surface area contributed by atoms with Crippen molar-refractivity contribution in [3.63, 3.8) is 0 Å². The maximum absolute atomic E-state index is 13.7. The van der Waals surface area contributed by atoms with Crippen LogP contribution in [0.1, 0.15) is 0 Å². The number of ether oxygens (including phenoxy) is 1. The summed E-state index contributed by atoms with van der Waals surface area (Å²) < 4.78 is 20.8. The lowest BCUT2D eigenvalue weighted by Crippen LogP contribution is -2.10. The molecule has 1 aromatic carbocycles. The highest BCUT2D eigenvalue weighted by atomic mass is 32.3. The number of nitrogens with two attached hydrogens (primary N) is 1. The van der Waals surface area contributed by atoms with Gasteiger partial charge in [-0.3, -0.25) is 0 Å². The van der Waals surface area contributed by atoms with E-state index in [1.165, 1.54) is 4.68 Å². The summed E-state index contributed by atoms with van der Waals surface area (Å²) >= 11 is 0. The number of aromatic nitrogens is 2. The van der Waals surface area contributed by atoms with Gasteiger partial charge in [0.1, 0.15) is 6.73 Å². The van der Waals surface area contributed by atoms with E-state index in [2.05, 4.69) is 23.9 Å². The fourth-order valence-corrected chi connectivity index (χ4v) is 2.38. The predicted octanol–water partition coefficient (Wildman–Crippen LogP) is 2.43. The highest BCUT2D eigenvalue weighted by molar-refractivity contribution is 8.32. The van der Waals surface area contributed by atoms with Gasteiger partial charge in [-0.2, -0.15) is 4.39 Å². The second-order valence-corrected chi connectivity index (χ2v) is 9.95. The van der Waals surface area contributed by atoms with E-state index in [0.717, 1.165) is 5.75 Å². The maximum Gasteiger partial charge on any atom is 0.242 e. The summed E-state index contributed by atoms with van der Waals surface area (Å²) in [7, 11) is -0.571. The third-order valence-electron chi connectivity index (χ3n) is 2.82. The van der Waals surface area contributed by atoms with Crippen LogP contribution in [-0.2, 0) is 11.5 Å². The number of halogens is 1. The fraction of sp³-hybridized carbons (Fsp3) is 0.462. The lowest BCUT2D eigenvalue weighted by atomic mass is 10.2. The third kappa shape index (κ3) is 3.39. The van der Waals surface area contributed by atoms with Gasteiger partial charge in [-0.25, -0.2) is 14.7 Å². The van der Waals surface area contributed by atoms with Gasteiger partial charge in [0.2, 0.25) is 5.95 Å². The van der Waals surface area contributed by atoms with E-state index >= 15 is 0 Å². The Balaban J connectivity index is 2.08. The topological polar surface area (TPSA) is 53.1 Å². The van der Waals surface area contributed by atoms with Gasteiger partial charge in [-0.15, -0.1) is 5.10 Å². The molecule has 0 amide bonds. The van der Waals surface area contributed by atoms with Crippen LogP contribution < -0.4 is 5.73 Å². The molecular weight excluding hydrogens is 265 g/mol. The molecule has 0 aliphatic carbocycles. The largest absolute Gasteiger partial charge is 0.398 e. The normalized spacial score (nSPS) is 13.1. The minimum atomic E-state index is -0.571. The minimum Gasteiger partial charge on any atom is -0.398 e. The number of hydrogen-bond donors (Lipinski definition) is 1. The van der Waals surface area contributed by atoms with Gasteiger partial charge in [0, 0.05) is 11.4 Å². The first-order valence-corrected chi connectivity index (χ1v) is 9.05. The molecule has 2 N–H and O–H groups in total. The van der Waals surface area contributed by atoms with Crippen LogP contribution in [0.25, 0.3) is 10.9 Å². The molecule has 0 saturated heterocycles. The van der Waals surface area contributed by atoms with E-state index in [4.69, 9.17) is 10.5 Å². The van der Waals surface area contributed by atoms with Gasteiger partial charge in [0.05, 0.1) is 17.5 Å². The molecule has 0 radical (unpaired) electrons. The summed E-state index contributed by atoms with van der Waals surface area (Å²) in [4.78, 5) is 0. The fourth-order valence-electron chi connectivity index (χ4n) is 1.77. The maximum atomic E-state index is 13.7. The number of rotatable bonds is 5. The van der Waals surface area contributed by atoms with E-state index in [1.54, 1.807) is 18.2 Å². The van der Waals surface area contributed by atoms with Crippen molar-refractivity contribution >= 4 is 26.6 Å². The molecular formula is C13H20FN3OS. The highest BCUT2D eigenvalue weighted by Crippen LogP contribution is 2.33. The van der Waals surface area contributed by atoms with Crippen LogP contribution in [0.5, 0.6) is 0 Å². The van der Waals surface area contributed by atoms with Crippen molar-refractivity contribution in [1.29, 1.82) is 0 Å². The first-order valence-electron chi connectivity index (χ1n) is 6.03.